The standard InChI is InChI=1S/C12H11BrN2O2/c13-10-5-9(6-11-12(10)17-8-16-11)7-14-15-3-1-2-4-15/h1-6,14H,7-8H2. The first kappa shape index (κ1) is 10.5. The maximum Gasteiger partial charge on any atom is 0.231 e. The highest BCUT2D eigenvalue weighted by atomic mass is 79.9. The largest absolute Gasteiger partial charge is 0.454 e. The summed E-state index contributed by atoms with van der Waals surface area (Å²) >= 11 is 3.48. The van der Waals surface area contributed by atoms with Gasteiger partial charge in [-0.1, -0.05) is 0 Å². The molecule has 3 rings (SSSR count). The van der Waals surface area contributed by atoms with Crippen molar-refractivity contribution < 1.29 is 9.47 Å². The van der Waals surface area contributed by atoms with Crippen molar-refractivity contribution in [1.82, 2.24) is 4.68 Å². The van der Waals surface area contributed by atoms with E-state index in [4.69, 9.17) is 9.47 Å². The molecule has 1 aliphatic heterocycles. The van der Waals surface area contributed by atoms with Crippen LogP contribution in [0.4, 0.5) is 0 Å². The average Bonchev–Trinajstić information content (AvgIpc) is 2.97. The summed E-state index contributed by atoms with van der Waals surface area (Å²) in [6, 6.07) is 7.97. The third kappa shape index (κ3) is 2.10. The smallest absolute Gasteiger partial charge is 0.231 e. The second kappa shape index (κ2) is 4.33. The van der Waals surface area contributed by atoms with Gasteiger partial charge in [0.1, 0.15) is 0 Å². The lowest BCUT2D eigenvalue weighted by Gasteiger charge is -2.09. The molecule has 0 amide bonds. The van der Waals surface area contributed by atoms with E-state index in [9.17, 15) is 0 Å². The number of hydrogen-bond donors (Lipinski definition) is 1. The minimum absolute atomic E-state index is 0.294. The average molecular weight is 295 g/mol. The lowest BCUT2D eigenvalue weighted by molar-refractivity contribution is 0.173. The molecule has 0 bridgehead atoms. The zero-order valence-corrected chi connectivity index (χ0v) is 10.6. The first-order chi connectivity index (χ1) is 8.33. The fourth-order valence-electron chi connectivity index (χ4n) is 1.75. The van der Waals surface area contributed by atoms with Gasteiger partial charge in [0.15, 0.2) is 11.5 Å². The summed E-state index contributed by atoms with van der Waals surface area (Å²) in [4.78, 5) is 0. The molecule has 1 aromatic heterocycles. The van der Waals surface area contributed by atoms with Crippen LogP contribution in [0.3, 0.4) is 0 Å². The third-order valence-electron chi connectivity index (χ3n) is 2.56. The van der Waals surface area contributed by atoms with E-state index in [0.717, 1.165) is 28.1 Å². The molecule has 0 saturated heterocycles. The number of ether oxygens (including phenoxy) is 2. The quantitative estimate of drug-likeness (QED) is 0.945. The van der Waals surface area contributed by atoms with Gasteiger partial charge in [0.2, 0.25) is 6.79 Å². The van der Waals surface area contributed by atoms with Gasteiger partial charge >= 0.3 is 0 Å². The highest BCUT2D eigenvalue weighted by molar-refractivity contribution is 9.10. The number of nitrogens with one attached hydrogen (secondary N) is 1. The Hall–Kier alpha value is -1.62. The molecule has 1 aliphatic rings. The van der Waals surface area contributed by atoms with E-state index in [1.54, 1.807) is 0 Å². The molecule has 0 radical (unpaired) electrons. The Morgan fingerprint density at radius 1 is 1.24 bits per heavy atom. The molecule has 0 fully saturated rings. The van der Waals surface area contributed by atoms with Gasteiger partial charge in [0, 0.05) is 12.4 Å². The summed E-state index contributed by atoms with van der Waals surface area (Å²) in [5.74, 6) is 1.58. The molecule has 1 N–H and O–H groups in total. The monoisotopic (exact) mass is 294 g/mol. The molecule has 0 saturated carbocycles. The SMILES string of the molecule is Brc1cc(CNn2cccc2)cc2c1OCO2. The van der Waals surface area contributed by atoms with E-state index in [2.05, 4.69) is 21.4 Å². The molecule has 4 nitrogen and oxygen atoms in total. The van der Waals surface area contributed by atoms with Gasteiger partial charge in [-0.25, -0.2) is 0 Å². The van der Waals surface area contributed by atoms with Gasteiger partial charge in [0.25, 0.3) is 0 Å². The van der Waals surface area contributed by atoms with Crippen molar-refractivity contribution in [3.63, 3.8) is 0 Å². The van der Waals surface area contributed by atoms with Crippen molar-refractivity contribution >= 4 is 15.9 Å². The molecule has 17 heavy (non-hydrogen) atoms. The summed E-state index contributed by atoms with van der Waals surface area (Å²) < 4.78 is 13.6. The Labute approximate surface area is 107 Å². The zero-order chi connectivity index (χ0) is 11.7. The number of aromatic nitrogens is 1. The highest BCUT2D eigenvalue weighted by Crippen LogP contribution is 2.39. The Kier molecular flexibility index (Phi) is 2.68. The number of nitrogens with zero attached hydrogens (tertiary/aromatic N) is 1. The molecular weight excluding hydrogens is 284 g/mol. The van der Waals surface area contributed by atoms with E-state index in [-0.39, 0.29) is 0 Å². The predicted molar refractivity (Wildman–Crippen MR) is 67.8 cm³/mol. The maximum atomic E-state index is 5.37. The van der Waals surface area contributed by atoms with Crippen molar-refractivity contribution in [3.05, 3.63) is 46.7 Å². The fraction of sp³-hybridized carbons (Fsp3) is 0.167. The Bertz CT molecular complexity index is 526. The first-order valence-corrected chi connectivity index (χ1v) is 6.07. The Morgan fingerprint density at radius 2 is 2.06 bits per heavy atom. The van der Waals surface area contributed by atoms with Crippen molar-refractivity contribution in [2.24, 2.45) is 0 Å². The van der Waals surface area contributed by atoms with Crippen molar-refractivity contribution in [2.45, 2.75) is 6.54 Å². The molecule has 2 heterocycles. The topological polar surface area (TPSA) is 35.4 Å². The van der Waals surface area contributed by atoms with E-state index in [1.165, 1.54) is 0 Å². The van der Waals surface area contributed by atoms with Crippen LogP contribution in [-0.4, -0.2) is 11.5 Å². The summed E-state index contributed by atoms with van der Waals surface area (Å²) in [7, 11) is 0. The summed E-state index contributed by atoms with van der Waals surface area (Å²) in [5, 5.41) is 0. The molecule has 5 heteroatoms. The molecule has 0 unspecified atom stereocenters. The van der Waals surface area contributed by atoms with Gasteiger partial charge < -0.3 is 14.9 Å². The molecule has 0 atom stereocenters. The first-order valence-electron chi connectivity index (χ1n) is 5.28. The molecule has 0 spiro atoms. The van der Waals surface area contributed by atoms with Crippen LogP contribution in [0.1, 0.15) is 5.56 Å². The van der Waals surface area contributed by atoms with Crippen LogP contribution in [-0.2, 0) is 6.54 Å². The molecule has 88 valence electrons. The Morgan fingerprint density at radius 3 is 2.88 bits per heavy atom. The van der Waals surface area contributed by atoms with Gasteiger partial charge in [0.05, 0.1) is 11.0 Å². The van der Waals surface area contributed by atoms with Gasteiger partial charge in [-0.15, -0.1) is 0 Å². The highest BCUT2D eigenvalue weighted by Gasteiger charge is 2.17. The van der Waals surface area contributed by atoms with Crippen molar-refractivity contribution in [1.29, 1.82) is 0 Å². The van der Waals surface area contributed by atoms with Crippen LogP contribution in [0.2, 0.25) is 0 Å². The number of halogens is 1. The summed E-state index contributed by atoms with van der Waals surface area (Å²) in [6.07, 6.45) is 3.92. The molecule has 1 aromatic carbocycles. The molecule has 0 aliphatic carbocycles. The lowest BCUT2D eigenvalue weighted by atomic mass is 10.2. The van der Waals surface area contributed by atoms with Crippen LogP contribution in [0, 0.1) is 0 Å². The predicted octanol–water partition coefficient (Wildman–Crippen LogP) is 2.72. The second-order valence-electron chi connectivity index (χ2n) is 3.74. The number of fused-ring (bicyclic) bond motifs is 1. The molecular formula is C12H11BrN2O2. The van der Waals surface area contributed by atoms with E-state index >= 15 is 0 Å². The van der Waals surface area contributed by atoms with Crippen molar-refractivity contribution in [2.75, 3.05) is 12.2 Å². The number of benzene rings is 1. The van der Waals surface area contributed by atoms with Gasteiger partial charge in [-0.05, 0) is 45.8 Å². The van der Waals surface area contributed by atoms with Crippen molar-refractivity contribution in [3.8, 4) is 11.5 Å². The maximum absolute atomic E-state index is 5.37. The third-order valence-corrected chi connectivity index (χ3v) is 3.15. The van der Waals surface area contributed by atoms with Crippen LogP contribution in [0.25, 0.3) is 0 Å². The Balaban J connectivity index is 1.78. The minimum Gasteiger partial charge on any atom is -0.454 e. The second-order valence-corrected chi connectivity index (χ2v) is 4.59. The van der Waals surface area contributed by atoms with E-state index < -0.39 is 0 Å². The summed E-state index contributed by atoms with van der Waals surface area (Å²) in [5.41, 5.74) is 4.39. The molecule has 2 aromatic rings. The van der Waals surface area contributed by atoms with Crippen LogP contribution < -0.4 is 14.9 Å². The van der Waals surface area contributed by atoms with E-state index in [1.807, 2.05) is 41.3 Å². The fourth-order valence-corrected chi connectivity index (χ4v) is 2.35. The van der Waals surface area contributed by atoms with Crippen LogP contribution in [0.5, 0.6) is 11.5 Å². The summed E-state index contributed by atoms with van der Waals surface area (Å²) in [6.45, 7) is 1.02. The van der Waals surface area contributed by atoms with E-state index in [0.29, 0.717) is 6.79 Å². The lowest BCUT2D eigenvalue weighted by Crippen LogP contribution is -2.11. The van der Waals surface area contributed by atoms with Crippen LogP contribution >= 0.6 is 15.9 Å². The number of rotatable bonds is 3. The van der Waals surface area contributed by atoms with Gasteiger partial charge in [-0.2, -0.15) is 0 Å². The number of hydrogen-bond acceptors (Lipinski definition) is 3. The zero-order valence-electron chi connectivity index (χ0n) is 9.02. The normalized spacial score (nSPS) is 12.8. The van der Waals surface area contributed by atoms with Crippen LogP contribution in [0.15, 0.2) is 41.1 Å². The minimum atomic E-state index is 0.294. The van der Waals surface area contributed by atoms with Gasteiger partial charge in [-0.3, -0.25) is 4.68 Å².